The van der Waals surface area contributed by atoms with Crippen LogP contribution in [0, 0.1) is 5.82 Å². The van der Waals surface area contributed by atoms with Gasteiger partial charge in [0.15, 0.2) is 5.69 Å². The van der Waals surface area contributed by atoms with Crippen LogP contribution in [-0.4, -0.2) is 18.1 Å². The number of ether oxygens (including phenoxy) is 1. The van der Waals surface area contributed by atoms with Crippen molar-refractivity contribution in [2.75, 3.05) is 7.11 Å². The normalized spacial score (nSPS) is 11.3. The number of nitrogens with zero attached hydrogens (tertiary/aromatic N) is 1. The number of carbonyl (C=O) groups is 1. The van der Waals surface area contributed by atoms with Crippen molar-refractivity contribution in [3.05, 3.63) is 53.6 Å². The molecule has 0 unspecified atom stereocenters. The molecule has 21 heavy (non-hydrogen) atoms. The predicted molar refractivity (Wildman–Crippen MR) is 66.0 cm³/mol. The SMILES string of the molecule is COC(=O)c1ncc(F)cc1-c1ccc(C(F)(F)F)cc1. The van der Waals surface area contributed by atoms with Gasteiger partial charge < -0.3 is 4.74 Å². The van der Waals surface area contributed by atoms with Crippen LogP contribution < -0.4 is 0 Å². The Bertz CT molecular complexity index is 666. The van der Waals surface area contributed by atoms with E-state index < -0.39 is 23.5 Å². The standard InChI is InChI=1S/C14H9F4NO2/c1-21-13(20)12-11(6-10(15)7-19-12)8-2-4-9(5-3-8)14(16,17)18/h2-7H,1H3. The minimum Gasteiger partial charge on any atom is -0.464 e. The van der Waals surface area contributed by atoms with E-state index in [0.29, 0.717) is 0 Å². The number of esters is 1. The topological polar surface area (TPSA) is 39.2 Å². The number of alkyl halides is 3. The lowest BCUT2D eigenvalue weighted by molar-refractivity contribution is -0.137. The molecule has 2 rings (SSSR count). The highest BCUT2D eigenvalue weighted by atomic mass is 19.4. The average Bonchev–Trinajstić information content (AvgIpc) is 2.45. The fourth-order valence-electron chi connectivity index (χ4n) is 1.76. The van der Waals surface area contributed by atoms with Gasteiger partial charge in [-0.3, -0.25) is 0 Å². The number of rotatable bonds is 2. The second-order valence-corrected chi connectivity index (χ2v) is 4.12. The van der Waals surface area contributed by atoms with Crippen LogP contribution in [0.15, 0.2) is 36.5 Å². The van der Waals surface area contributed by atoms with Crippen LogP contribution in [0.3, 0.4) is 0 Å². The molecule has 0 amide bonds. The molecule has 1 aromatic heterocycles. The van der Waals surface area contributed by atoms with Crippen molar-refractivity contribution in [2.24, 2.45) is 0 Å². The van der Waals surface area contributed by atoms with E-state index in [1.165, 1.54) is 0 Å². The quantitative estimate of drug-likeness (QED) is 0.627. The molecule has 0 radical (unpaired) electrons. The summed E-state index contributed by atoms with van der Waals surface area (Å²) in [7, 11) is 1.13. The summed E-state index contributed by atoms with van der Waals surface area (Å²) in [5, 5.41) is 0. The Balaban J connectivity index is 2.51. The number of hydrogen-bond acceptors (Lipinski definition) is 3. The average molecular weight is 299 g/mol. The molecule has 0 saturated heterocycles. The van der Waals surface area contributed by atoms with E-state index in [-0.39, 0.29) is 16.8 Å². The van der Waals surface area contributed by atoms with Crippen molar-refractivity contribution >= 4 is 5.97 Å². The van der Waals surface area contributed by atoms with Gasteiger partial charge in [0.1, 0.15) is 5.82 Å². The molecular weight excluding hydrogens is 290 g/mol. The summed E-state index contributed by atoms with van der Waals surface area (Å²) in [6, 6.07) is 5.00. The smallest absolute Gasteiger partial charge is 0.416 e. The van der Waals surface area contributed by atoms with Crippen molar-refractivity contribution in [1.82, 2.24) is 4.98 Å². The molecule has 0 bridgehead atoms. The van der Waals surface area contributed by atoms with Gasteiger partial charge in [0.05, 0.1) is 18.9 Å². The molecule has 0 atom stereocenters. The first-order valence-electron chi connectivity index (χ1n) is 5.74. The van der Waals surface area contributed by atoms with E-state index in [1.807, 2.05) is 0 Å². The van der Waals surface area contributed by atoms with Crippen molar-refractivity contribution in [3.8, 4) is 11.1 Å². The first-order chi connectivity index (χ1) is 9.82. The zero-order chi connectivity index (χ0) is 15.6. The molecule has 0 spiro atoms. The number of methoxy groups -OCH3 is 1. The van der Waals surface area contributed by atoms with Crippen LogP contribution in [0.25, 0.3) is 11.1 Å². The van der Waals surface area contributed by atoms with Gasteiger partial charge in [-0.25, -0.2) is 14.2 Å². The highest BCUT2D eigenvalue weighted by Crippen LogP contribution is 2.31. The number of aromatic nitrogens is 1. The number of carbonyl (C=O) groups excluding carboxylic acids is 1. The van der Waals surface area contributed by atoms with Crippen LogP contribution >= 0.6 is 0 Å². The molecule has 1 aromatic carbocycles. The van der Waals surface area contributed by atoms with Gasteiger partial charge in [-0.15, -0.1) is 0 Å². The molecule has 2 aromatic rings. The summed E-state index contributed by atoms with van der Waals surface area (Å²) >= 11 is 0. The zero-order valence-electron chi connectivity index (χ0n) is 10.7. The molecule has 1 heterocycles. The molecule has 0 N–H and O–H groups in total. The summed E-state index contributed by atoms with van der Waals surface area (Å²) in [6.45, 7) is 0. The molecule has 3 nitrogen and oxygen atoms in total. The molecular formula is C14H9F4NO2. The van der Waals surface area contributed by atoms with E-state index >= 15 is 0 Å². The Labute approximate surface area is 117 Å². The van der Waals surface area contributed by atoms with Crippen molar-refractivity contribution in [1.29, 1.82) is 0 Å². The Kier molecular flexibility index (Phi) is 3.93. The number of hydrogen-bond donors (Lipinski definition) is 0. The molecule has 0 fully saturated rings. The minimum atomic E-state index is -4.47. The van der Waals surface area contributed by atoms with E-state index in [1.54, 1.807) is 0 Å². The van der Waals surface area contributed by atoms with E-state index in [0.717, 1.165) is 43.6 Å². The molecule has 7 heteroatoms. The van der Waals surface area contributed by atoms with Crippen LogP contribution in [-0.2, 0) is 10.9 Å². The first-order valence-corrected chi connectivity index (χ1v) is 5.74. The Morgan fingerprint density at radius 2 is 1.81 bits per heavy atom. The maximum absolute atomic E-state index is 13.3. The van der Waals surface area contributed by atoms with Gasteiger partial charge in [-0.05, 0) is 23.8 Å². The largest absolute Gasteiger partial charge is 0.464 e. The van der Waals surface area contributed by atoms with Crippen molar-refractivity contribution in [2.45, 2.75) is 6.18 Å². The monoisotopic (exact) mass is 299 g/mol. The Morgan fingerprint density at radius 3 is 2.33 bits per heavy atom. The number of halogens is 4. The molecule has 0 aliphatic carbocycles. The summed E-state index contributed by atoms with van der Waals surface area (Å²) in [6.07, 6.45) is -3.64. The first kappa shape index (κ1) is 15.0. The summed E-state index contributed by atoms with van der Waals surface area (Å²) in [5.74, 6) is -1.51. The lowest BCUT2D eigenvalue weighted by Crippen LogP contribution is -2.07. The maximum atomic E-state index is 13.3. The van der Waals surface area contributed by atoms with Gasteiger partial charge in [0.2, 0.25) is 0 Å². The lowest BCUT2D eigenvalue weighted by Gasteiger charge is -2.10. The van der Waals surface area contributed by atoms with Gasteiger partial charge in [0, 0.05) is 5.56 Å². The zero-order valence-corrected chi connectivity index (χ0v) is 10.7. The van der Waals surface area contributed by atoms with E-state index in [2.05, 4.69) is 9.72 Å². The third-order valence-electron chi connectivity index (χ3n) is 2.76. The fourth-order valence-corrected chi connectivity index (χ4v) is 1.76. The number of benzene rings is 1. The van der Waals surface area contributed by atoms with Gasteiger partial charge in [-0.2, -0.15) is 13.2 Å². The third-order valence-corrected chi connectivity index (χ3v) is 2.76. The van der Waals surface area contributed by atoms with Crippen LogP contribution in [0.2, 0.25) is 0 Å². The highest BCUT2D eigenvalue weighted by molar-refractivity contribution is 5.95. The third kappa shape index (κ3) is 3.18. The predicted octanol–water partition coefficient (Wildman–Crippen LogP) is 3.69. The lowest BCUT2D eigenvalue weighted by atomic mass is 10.0. The van der Waals surface area contributed by atoms with Gasteiger partial charge in [0.25, 0.3) is 0 Å². The Morgan fingerprint density at radius 1 is 1.19 bits per heavy atom. The van der Waals surface area contributed by atoms with E-state index in [4.69, 9.17) is 0 Å². The molecule has 110 valence electrons. The van der Waals surface area contributed by atoms with Crippen LogP contribution in [0.5, 0.6) is 0 Å². The summed E-state index contributed by atoms with van der Waals surface area (Å²) in [4.78, 5) is 15.2. The highest BCUT2D eigenvalue weighted by Gasteiger charge is 2.30. The minimum absolute atomic E-state index is 0.0653. The van der Waals surface area contributed by atoms with Gasteiger partial charge >= 0.3 is 12.1 Å². The molecule has 0 aliphatic rings. The number of pyridine rings is 1. The Hall–Kier alpha value is -2.44. The summed E-state index contributed by atoms with van der Waals surface area (Å²) in [5.41, 5.74) is -0.708. The second-order valence-electron chi connectivity index (χ2n) is 4.12. The summed E-state index contributed by atoms with van der Waals surface area (Å²) < 4.78 is 55.3. The fraction of sp³-hybridized carbons (Fsp3) is 0.143. The van der Waals surface area contributed by atoms with E-state index in [9.17, 15) is 22.4 Å². The van der Waals surface area contributed by atoms with Crippen molar-refractivity contribution < 1.29 is 27.1 Å². The van der Waals surface area contributed by atoms with Crippen LogP contribution in [0.4, 0.5) is 17.6 Å². The van der Waals surface area contributed by atoms with Crippen molar-refractivity contribution in [3.63, 3.8) is 0 Å². The molecule has 0 aliphatic heterocycles. The van der Waals surface area contributed by atoms with Gasteiger partial charge in [-0.1, -0.05) is 12.1 Å². The maximum Gasteiger partial charge on any atom is 0.416 e. The second kappa shape index (κ2) is 5.51. The van der Waals surface area contributed by atoms with Crippen LogP contribution in [0.1, 0.15) is 16.1 Å². The molecule has 0 saturated carbocycles.